The Balaban J connectivity index is 2.47. The van der Waals surface area contributed by atoms with Gasteiger partial charge in [-0.25, -0.2) is 0 Å². The summed E-state index contributed by atoms with van der Waals surface area (Å²) in [4.78, 5) is 12.7. The molecule has 6 heteroatoms. The van der Waals surface area contributed by atoms with Crippen LogP contribution in [0.4, 0.5) is 0 Å². The molecule has 0 fully saturated rings. The van der Waals surface area contributed by atoms with Gasteiger partial charge in [-0.05, 0) is 31.5 Å². The van der Waals surface area contributed by atoms with Crippen molar-refractivity contribution in [1.82, 2.24) is 5.32 Å². The van der Waals surface area contributed by atoms with Crippen molar-refractivity contribution in [2.45, 2.75) is 23.5 Å². The number of amides is 1. The van der Waals surface area contributed by atoms with E-state index in [9.17, 15) is 4.79 Å². The van der Waals surface area contributed by atoms with E-state index < -0.39 is 0 Å². The quantitative estimate of drug-likeness (QED) is 0.615. The van der Waals surface area contributed by atoms with Crippen molar-refractivity contribution in [2.75, 3.05) is 20.3 Å². The molecule has 0 aromatic heterocycles. The first-order valence-corrected chi connectivity index (χ1v) is 7.56. The van der Waals surface area contributed by atoms with Crippen LogP contribution in [0.3, 0.4) is 0 Å². The number of carbonyl (C=O) groups excluding carboxylic acids is 1. The lowest BCUT2D eigenvalue weighted by Crippen LogP contribution is -2.32. The van der Waals surface area contributed by atoms with Crippen LogP contribution in [0.1, 0.15) is 13.3 Å². The Bertz CT molecular complexity index is 429. The molecule has 0 aliphatic carbocycles. The Morgan fingerprint density at radius 2 is 2.21 bits per heavy atom. The molecule has 106 valence electrons. The number of ether oxygens (including phenoxy) is 1. The van der Waals surface area contributed by atoms with Gasteiger partial charge in [-0.1, -0.05) is 23.2 Å². The molecule has 3 nitrogen and oxygen atoms in total. The summed E-state index contributed by atoms with van der Waals surface area (Å²) in [5.41, 5.74) is 0. The molecule has 0 saturated carbocycles. The van der Waals surface area contributed by atoms with Crippen molar-refractivity contribution in [3.8, 4) is 0 Å². The van der Waals surface area contributed by atoms with Gasteiger partial charge in [-0.15, -0.1) is 11.8 Å². The molecule has 1 aromatic carbocycles. The third-order valence-electron chi connectivity index (χ3n) is 2.39. The molecule has 1 unspecified atom stereocenters. The monoisotopic (exact) mass is 321 g/mol. The summed E-state index contributed by atoms with van der Waals surface area (Å²) < 4.78 is 4.92. The summed E-state index contributed by atoms with van der Waals surface area (Å²) in [6.45, 7) is 3.09. The summed E-state index contributed by atoms with van der Waals surface area (Å²) >= 11 is 13.4. The Kier molecular flexibility index (Phi) is 7.61. The first-order valence-electron chi connectivity index (χ1n) is 5.93. The maximum Gasteiger partial charge on any atom is 0.233 e. The fraction of sp³-hybridized carbons (Fsp3) is 0.462. The van der Waals surface area contributed by atoms with Crippen molar-refractivity contribution in [1.29, 1.82) is 0 Å². The van der Waals surface area contributed by atoms with Crippen molar-refractivity contribution in [3.63, 3.8) is 0 Å². The molecule has 1 atom stereocenters. The van der Waals surface area contributed by atoms with Gasteiger partial charge in [0.1, 0.15) is 0 Å². The molecule has 1 N–H and O–H groups in total. The van der Waals surface area contributed by atoms with E-state index in [-0.39, 0.29) is 11.2 Å². The lowest BCUT2D eigenvalue weighted by molar-refractivity contribution is -0.120. The van der Waals surface area contributed by atoms with Crippen molar-refractivity contribution < 1.29 is 9.53 Å². The lowest BCUT2D eigenvalue weighted by Gasteiger charge is -2.13. The molecule has 0 radical (unpaired) electrons. The summed E-state index contributed by atoms with van der Waals surface area (Å²) in [5, 5.41) is 3.85. The van der Waals surface area contributed by atoms with E-state index in [0.717, 1.165) is 11.3 Å². The highest BCUT2D eigenvalue weighted by atomic mass is 35.5. The van der Waals surface area contributed by atoms with Crippen LogP contribution in [0.15, 0.2) is 23.1 Å². The predicted molar refractivity (Wildman–Crippen MR) is 81.3 cm³/mol. The van der Waals surface area contributed by atoms with E-state index in [2.05, 4.69) is 5.32 Å². The highest BCUT2D eigenvalue weighted by Crippen LogP contribution is 2.32. The van der Waals surface area contributed by atoms with Gasteiger partial charge in [0.2, 0.25) is 5.91 Å². The lowest BCUT2D eigenvalue weighted by atomic mass is 10.4. The van der Waals surface area contributed by atoms with Gasteiger partial charge in [0.05, 0.1) is 10.3 Å². The Labute approximate surface area is 128 Å². The number of hydrogen-bond acceptors (Lipinski definition) is 3. The number of nitrogens with one attached hydrogen (secondary N) is 1. The van der Waals surface area contributed by atoms with E-state index in [1.807, 2.05) is 6.92 Å². The van der Waals surface area contributed by atoms with Crippen LogP contribution in [0, 0.1) is 0 Å². The van der Waals surface area contributed by atoms with Gasteiger partial charge in [0.15, 0.2) is 0 Å². The Morgan fingerprint density at radius 1 is 1.47 bits per heavy atom. The molecular formula is C13H17Cl2NO2S. The van der Waals surface area contributed by atoms with E-state index >= 15 is 0 Å². The van der Waals surface area contributed by atoms with Gasteiger partial charge in [-0.3, -0.25) is 4.79 Å². The molecule has 0 heterocycles. The van der Waals surface area contributed by atoms with E-state index in [1.165, 1.54) is 11.8 Å². The minimum atomic E-state index is -0.224. The molecule has 0 saturated heterocycles. The first kappa shape index (κ1) is 16.6. The second-order valence-electron chi connectivity index (χ2n) is 3.97. The minimum Gasteiger partial charge on any atom is -0.385 e. The van der Waals surface area contributed by atoms with Crippen molar-refractivity contribution in [2.24, 2.45) is 0 Å². The Morgan fingerprint density at radius 3 is 2.89 bits per heavy atom. The maximum absolute atomic E-state index is 11.9. The van der Waals surface area contributed by atoms with Crippen LogP contribution in [-0.2, 0) is 9.53 Å². The predicted octanol–water partition coefficient (Wildman–Crippen LogP) is 3.63. The molecule has 1 amide bonds. The van der Waals surface area contributed by atoms with Gasteiger partial charge in [-0.2, -0.15) is 0 Å². The Hall–Kier alpha value is -0.420. The smallest absolute Gasteiger partial charge is 0.233 e. The number of methoxy groups -OCH3 is 1. The number of carbonyl (C=O) groups is 1. The zero-order chi connectivity index (χ0) is 14.3. The molecule has 19 heavy (non-hydrogen) atoms. The molecule has 0 aliphatic rings. The van der Waals surface area contributed by atoms with Crippen LogP contribution < -0.4 is 5.32 Å². The standard InChI is InChI=1S/C13H17Cl2NO2S/c1-9(13(17)16-6-3-7-18-2)19-12-8-10(14)4-5-11(12)15/h4-5,8-9H,3,6-7H2,1-2H3,(H,16,17). The second kappa shape index (κ2) is 8.69. The normalized spacial score (nSPS) is 12.2. The fourth-order valence-corrected chi connectivity index (χ4v) is 2.82. The van der Waals surface area contributed by atoms with Gasteiger partial charge in [0, 0.05) is 30.2 Å². The van der Waals surface area contributed by atoms with E-state index in [1.54, 1.807) is 25.3 Å². The number of halogens is 2. The zero-order valence-corrected chi connectivity index (χ0v) is 13.2. The molecule has 0 aliphatic heterocycles. The first-order chi connectivity index (χ1) is 9.04. The molecule has 1 aromatic rings. The van der Waals surface area contributed by atoms with Crippen LogP contribution in [0.5, 0.6) is 0 Å². The molecular weight excluding hydrogens is 305 g/mol. The number of hydrogen-bond donors (Lipinski definition) is 1. The van der Waals surface area contributed by atoms with Gasteiger partial charge in [0.25, 0.3) is 0 Å². The molecule has 0 spiro atoms. The highest BCUT2D eigenvalue weighted by molar-refractivity contribution is 8.00. The average Bonchev–Trinajstić information content (AvgIpc) is 2.38. The second-order valence-corrected chi connectivity index (χ2v) is 6.20. The summed E-state index contributed by atoms with van der Waals surface area (Å²) in [6, 6.07) is 5.22. The van der Waals surface area contributed by atoms with Crippen LogP contribution in [-0.4, -0.2) is 31.4 Å². The third-order valence-corrected chi connectivity index (χ3v) is 4.23. The van der Waals surface area contributed by atoms with Crippen LogP contribution in [0.2, 0.25) is 10.0 Å². The minimum absolute atomic E-state index is 0.0165. The zero-order valence-electron chi connectivity index (χ0n) is 10.9. The number of rotatable bonds is 7. The topological polar surface area (TPSA) is 38.3 Å². The largest absolute Gasteiger partial charge is 0.385 e. The van der Waals surface area contributed by atoms with E-state index in [4.69, 9.17) is 27.9 Å². The van der Waals surface area contributed by atoms with E-state index in [0.29, 0.717) is 23.2 Å². The highest BCUT2D eigenvalue weighted by Gasteiger charge is 2.15. The summed E-state index contributed by atoms with van der Waals surface area (Å²) in [7, 11) is 1.64. The van der Waals surface area contributed by atoms with Crippen molar-refractivity contribution >= 4 is 40.9 Å². The SMILES string of the molecule is COCCCNC(=O)C(C)Sc1cc(Cl)ccc1Cl. The summed E-state index contributed by atoms with van der Waals surface area (Å²) in [5.74, 6) is -0.0165. The van der Waals surface area contributed by atoms with Gasteiger partial charge < -0.3 is 10.1 Å². The van der Waals surface area contributed by atoms with Crippen LogP contribution in [0.25, 0.3) is 0 Å². The van der Waals surface area contributed by atoms with Gasteiger partial charge >= 0.3 is 0 Å². The average molecular weight is 322 g/mol. The molecule has 1 rings (SSSR count). The number of thioether (sulfide) groups is 1. The summed E-state index contributed by atoms with van der Waals surface area (Å²) in [6.07, 6.45) is 0.803. The van der Waals surface area contributed by atoms with Crippen molar-refractivity contribution in [3.05, 3.63) is 28.2 Å². The maximum atomic E-state index is 11.9. The number of benzene rings is 1. The fourth-order valence-electron chi connectivity index (χ4n) is 1.38. The third kappa shape index (κ3) is 6.04. The molecule has 0 bridgehead atoms. The van der Waals surface area contributed by atoms with Crippen LogP contribution >= 0.6 is 35.0 Å².